The van der Waals surface area contributed by atoms with Crippen LogP contribution in [0.3, 0.4) is 0 Å². The number of aryl methyl sites for hydroxylation is 2. The SMILES string of the molecule is Cc1nc2ccccc2[nH]1.Cc1nc2ccncc2[nH]1. The summed E-state index contributed by atoms with van der Waals surface area (Å²) in [6.45, 7) is 3.89. The van der Waals surface area contributed by atoms with Crippen LogP contribution in [0.2, 0.25) is 0 Å². The fraction of sp³-hybridized carbons (Fsp3) is 0.133. The van der Waals surface area contributed by atoms with Gasteiger partial charge in [-0.25, -0.2) is 9.97 Å². The third-order valence-corrected chi connectivity index (χ3v) is 2.91. The van der Waals surface area contributed by atoms with Crippen LogP contribution < -0.4 is 0 Å². The van der Waals surface area contributed by atoms with E-state index in [0.717, 1.165) is 33.7 Å². The van der Waals surface area contributed by atoms with Gasteiger partial charge in [0, 0.05) is 6.20 Å². The van der Waals surface area contributed by atoms with E-state index in [1.165, 1.54) is 0 Å². The summed E-state index contributed by atoms with van der Waals surface area (Å²) in [6.07, 6.45) is 3.51. The van der Waals surface area contributed by atoms with Crippen molar-refractivity contribution in [1.82, 2.24) is 24.9 Å². The minimum atomic E-state index is 0.933. The number of hydrogen-bond acceptors (Lipinski definition) is 3. The van der Waals surface area contributed by atoms with Crippen LogP contribution in [0, 0.1) is 13.8 Å². The zero-order valence-electron chi connectivity index (χ0n) is 11.4. The van der Waals surface area contributed by atoms with Crippen molar-refractivity contribution in [2.75, 3.05) is 0 Å². The Labute approximate surface area is 116 Å². The van der Waals surface area contributed by atoms with Gasteiger partial charge in [-0.3, -0.25) is 4.98 Å². The van der Waals surface area contributed by atoms with Gasteiger partial charge in [0.25, 0.3) is 0 Å². The molecule has 0 bridgehead atoms. The monoisotopic (exact) mass is 265 g/mol. The van der Waals surface area contributed by atoms with Crippen molar-refractivity contribution in [3.05, 3.63) is 54.4 Å². The Kier molecular flexibility index (Phi) is 3.16. The second kappa shape index (κ2) is 5.13. The number of fused-ring (bicyclic) bond motifs is 2. The molecule has 3 heterocycles. The van der Waals surface area contributed by atoms with Gasteiger partial charge in [0.15, 0.2) is 0 Å². The Morgan fingerprint density at radius 3 is 2.15 bits per heavy atom. The number of para-hydroxylation sites is 2. The van der Waals surface area contributed by atoms with Crippen LogP contribution >= 0.6 is 0 Å². The van der Waals surface area contributed by atoms with Crippen molar-refractivity contribution in [3.8, 4) is 0 Å². The molecule has 0 spiro atoms. The van der Waals surface area contributed by atoms with Crippen molar-refractivity contribution >= 4 is 22.1 Å². The number of pyridine rings is 1. The van der Waals surface area contributed by atoms with Crippen LogP contribution in [0.1, 0.15) is 11.6 Å². The number of nitrogens with one attached hydrogen (secondary N) is 2. The van der Waals surface area contributed by atoms with Crippen molar-refractivity contribution in [3.63, 3.8) is 0 Å². The minimum Gasteiger partial charge on any atom is -0.342 e. The Morgan fingerprint density at radius 1 is 0.800 bits per heavy atom. The van der Waals surface area contributed by atoms with Crippen LogP contribution in [-0.2, 0) is 0 Å². The number of imidazole rings is 2. The molecule has 4 rings (SSSR count). The van der Waals surface area contributed by atoms with Gasteiger partial charge in [-0.1, -0.05) is 12.1 Å². The Hall–Kier alpha value is -2.69. The summed E-state index contributed by atoms with van der Waals surface area (Å²) in [5.74, 6) is 1.91. The molecule has 0 aliphatic rings. The number of benzene rings is 1. The highest BCUT2D eigenvalue weighted by Crippen LogP contribution is 2.08. The molecule has 20 heavy (non-hydrogen) atoms. The fourth-order valence-corrected chi connectivity index (χ4v) is 2.06. The number of aromatic nitrogens is 5. The van der Waals surface area contributed by atoms with Gasteiger partial charge >= 0.3 is 0 Å². The second-order valence-corrected chi connectivity index (χ2v) is 4.55. The summed E-state index contributed by atoms with van der Waals surface area (Å²) in [6, 6.07) is 9.90. The maximum Gasteiger partial charge on any atom is 0.104 e. The van der Waals surface area contributed by atoms with Crippen LogP contribution in [0.5, 0.6) is 0 Å². The standard InChI is InChI=1S/C8H8N2.C7H7N3/c1-6-9-7-4-2-3-5-8(7)10-6;1-5-9-6-2-3-8-4-7(6)10-5/h2-5H,1H3,(H,9,10);2-4H,1H3,(H,9,10). The quantitative estimate of drug-likeness (QED) is 0.513. The molecular formula is C15H15N5. The molecule has 0 aliphatic carbocycles. The van der Waals surface area contributed by atoms with Crippen molar-refractivity contribution in [2.45, 2.75) is 13.8 Å². The number of hydrogen-bond donors (Lipinski definition) is 2. The molecule has 0 aliphatic heterocycles. The highest BCUT2D eigenvalue weighted by atomic mass is 14.9. The topological polar surface area (TPSA) is 70.2 Å². The fourth-order valence-electron chi connectivity index (χ4n) is 2.06. The lowest BCUT2D eigenvalue weighted by atomic mass is 10.3. The molecule has 0 amide bonds. The van der Waals surface area contributed by atoms with E-state index in [1.54, 1.807) is 12.4 Å². The average Bonchev–Trinajstić information content (AvgIpc) is 2.99. The lowest BCUT2D eigenvalue weighted by Crippen LogP contribution is -1.69. The lowest BCUT2D eigenvalue weighted by molar-refractivity contribution is 1.17. The molecule has 1 aromatic carbocycles. The third-order valence-electron chi connectivity index (χ3n) is 2.91. The molecule has 4 aromatic rings. The van der Waals surface area contributed by atoms with E-state index >= 15 is 0 Å². The summed E-state index contributed by atoms with van der Waals surface area (Å²) in [5.41, 5.74) is 4.13. The predicted octanol–water partition coefficient (Wildman–Crippen LogP) is 3.14. The number of nitrogens with zero attached hydrogens (tertiary/aromatic N) is 3. The predicted molar refractivity (Wildman–Crippen MR) is 79.5 cm³/mol. The van der Waals surface area contributed by atoms with E-state index in [-0.39, 0.29) is 0 Å². The Balaban J connectivity index is 0.000000121. The molecule has 0 saturated carbocycles. The molecule has 100 valence electrons. The minimum absolute atomic E-state index is 0.933. The van der Waals surface area contributed by atoms with Gasteiger partial charge in [-0.05, 0) is 32.0 Å². The molecule has 5 nitrogen and oxygen atoms in total. The maximum atomic E-state index is 4.26. The summed E-state index contributed by atoms with van der Waals surface area (Å²) in [7, 11) is 0. The first kappa shape index (κ1) is 12.3. The number of H-pyrrole nitrogens is 2. The van der Waals surface area contributed by atoms with Crippen LogP contribution in [-0.4, -0.2) is 24.9 Å². The van der Waals surface area contributed by atoms with Crippen molar-refractivity contribution < 1.29 is 0 Å². The van der Waals surface area contributed by atoms with E-state index in [2.05, 4.69) is 24.9 Å². The van der Waals surface area contributed by atoms with E-state index < -0.39 is 0 Å². The molecule has 5 heteroatoms. The van der Waals surface area contributed by atoms with E-state index in [9.17, 15) is 0 Å². The molecule has 0 saturated heterocycles. The van der Waals surface area contributed by atoms with Gasteiger partial charge in [0.05, 0.1) is 28.3 Å². The van der Waals surface area contributed by atoms with Crippen molar-refractivity contribution in [1.29, 1.82) is 0 Å². The van der Waals surface area contributed by atoms with Gasteiger partial charge in [-0.2, -0.15) is 0 Å². The summed E-state index contributed by atoms with van der Waals surface area (Å²) >= 11 is 0. The second-order valence-electron chi connectivity index (χ2n) is 4.55. The lowest BCUT2D eigenvalue weighted by Gasteiger charge is -1.81. The van der Waals surface area contributed by atoms with E-state index in [1.807, 2.05) is 44.2 Å². The van der Waals surface area contributed by atoms with Gasteiger partial charge in [0.1, 0.15) is 11.6 Å². The number of rotatable bonds is 0. The number of aromatic amines is 2. The van der Waals surface area contributed by atoms with Gasteiger partial charge in [0.2, 0.25) is 0 Å². The van der Waals surface area contributed by atoms with Crippen molar-refractivity contribution in [2.24, 2.45) is 0 Å². The molecule has 0 atom stereocenters. The summed E-state index contributed by atoms with van der Waals surface area (Å²) in [5, 5.41) is 0. The molecule has 0 unspecified atom stereocenters. The zero-order valence-corrected chi connectivity index (χ0v) is 11.4. The largest absolute Gasteiger partial charge is 0.342 e. The van der Waals surface area contributed by atoms with E-state index in [0.29, 0.717) is 0 Å². The first-order chi connectivity index (χ1) is 9.72. The van der Waals surface area contributed by atoms with E-state index in [4.69, 9.17) is 0 Å². The average molecular weight is 265 g/mol. The van der Waals surface area contributed by atoms with Crippen LogP contribution in [0.25, 0.3) is 22.1 Å². The van der Waals surface area contributed by atoms with Gasteiger partial charge < -0.3 is 9.97 Å². The summed E-state index contributed by atoms with van der Waals surface area (Å²) < 4.78 is 0. The molecule has 3 aromatic heterocycles. The van der Waals surface area contributed by atoms with Crippen LogP contribution in [0.4, 0.5) is 0 Å². The Bertz CT molecular complexity index is 705. The molecular weight excluding hydrogens is 250 g/mol. The van der Waals surface area contributed by atoms with Crippen LogP contribution in [0.15, 0.2) is 42.7 Å². The maximum absolute atomic E-state index is 4.26. The Morgan fingerprint density at radius 2 is 1.45 bits per heavy atom. The third kappa shape index (κ3) is 2.51. The smallest absolute Gasteiger partial charge is 0.104 e. The molecule has 0 fully saturated rings. The first-order valence-electron chi connectivity index (χ1n) is 6.40. The normalized spacial score (nSPS) is 10.5. The highest BCUT2D eigenvalue weighted by Gasteiger charge is 1.95. The zero-order chi connectivity index (χ0) is 13.9. The first-order valence-corrected chi connectivity index (χ1v) is 6.40. The molecule has 0 radical (unpaired) electrons. The molecule has 2 N–H and O–H groups in total. The van der Waals surface area contributed by atoms with Gasteiger partial charge in [-0.15, -0.1) is 0 Å². The summed E-state index contributed by atoms with van der Waals surface area (Å²) in [4.78, 5) is 18.7. The highest BCUT2D eigenvalue weighted by molar-refractivity contribution is 5.74.